The van der Waals surface area contributed by atoms with E-state index in [0.29, 0.717) is 12.2 Å². The van der Waals surface area contributed by atoms with Crippen molar-refractivity contribution >= 4 is 5.97 Å². The second-order valence-electron chi connectivity index (χ2n) is 7.10. The van der Waals surface area contributed by atoms with Crippen molar-refractivity contribution in [2.75, 3.05) is 13.7 Å². The van der Waals surface area contributed by atoms with Crippen LogP contribution in [0.2, 0.25) is 0 Å². The van der Waals surface area contributed by atoms with Gasteiger partial charge in [-0.3, -0.25) is 0 Å². The monoisotopic (exact) mass is 374 g/mol. The Morgan fingerprint density at radius 3 is 1.96 bits per heavy atom. The van der Waals surface area contributed by atoms with Crippen molar-refractivity contribution in [3.8, 4) is 5.75 Å². The zero-order valence-corrected chi connectivity index (χ0v) is 17.4. The minimum Gasteiger partial charge on any atom is -0.494 e. The summed E-state index contributed by atoms with van der Waals surface area (Å²) in [7, 11) is 1.38. The number of hydrogen-bond acceptors (Lipinski definition) is 3. The van der Waals surface area contributed by atoms with Gasteiger partial charge in [-0.2, -0.15) is 0 Å². The smallest absolute Gasteiger partial charge is 0.337 e. The van der Waals surface area contributed by atoms with Gasteiger partial charge in [-0.05, 0) is 49.9 Å². The van der Waals surface area contributed by atoms with Crippen LogP contribution in [0.25, 0.3) is 0 Å². The number of methoxy groups -OCH3 is 1. The molecule has 0 heterocycles. The number of unbranched alkanes of at least 4 members (excludes halogenated alkanes) is 10. The number of carbonyl (C=O) groups is 1. The molecule has 0 atom stereocenters. The van der Waals surface area contributed by atoms with E-state index in [0.717, 1.165) is 18.6 Å². The average Bonchev–Trinajstić information content (AvgIpc) is 2.70. The van der Waals surface area contributed by atoms with Crippen LogP contribution in [0.1, 0.15) is 94.3 Å². The fourth-order valence-corrected chi connectivity index (χ4v) is 3.00. The number of carbonyl (C=O) groups excluding carboxylic acids is 1. The van der Waals surface area contributed by atoms with E-state index < -0.39 is 0 Å². The molecule has 0 aliphatic carbocycles. The molecular formula is C24H38O3. The average molecular weight is 375 g/mol. The minimum atomic E-state index is -0.321. The van der Waals surface area contributed by atoms with Gasteiger partial charge in [-0.25, -0.2) is 4.79 Å². The number of allylic oxidation sites excluding steroid dienone is 2. The Morgan fingerprint density at radius 1 is 0.815 bits per heavy atom. The van der Waals surface area contributed by atoms with Crippen LogP contribution >= 0.6 is 0 Å². The SMILES string of the molecule is CCCCCCCCCCC/C=C/CCCOc1ccc(C(=O)OC)cc1. The fraction of sp³-hybridized carbons (Fsp3) is 0.625. The van der Waals surface area contributed by atoms with E-state index in [2.05, 4.69) is 23.8 Å². The van der Waals surface area contributed by atoms with E-state index in [9.17, 15) is 4.79 Å². The molecular weight excluding hydrogens is 336 g/mol. The van der Waals surface area contributed by atoms with Crippen molar-refractivity contribution in [1.29, 1.82) is 0 Å². The molecule has 0 radical (unpaired) electrons. The normalized spacial score (nSPS) is 11.0. The Labute approximate surface area is 166 Å². The third-order valence-electron chi connectivity index (χ3n) is 4.70. The molecule has 0 unspecified atom stereocenters. The molecule has 0 saturated heterocycles. The van der Waals surface area contributed by atoms with Crippen LogP contribution in [0.15, 0.2) is 36.4 Å². The van der Waals surface area contributed by atoms with Crippen molar-refractivity contribution in [1.82, 2.24) is 0 Å². The molecule has 152 valence electrons. The molecule has 0 N–H and O–H groups in total. The van der Waals surface area contributed by atoms with Crippen LogP contribution in [0.5, 0.6) is 5.75 Å². The maximum absolute atomic E-state index is 11.4. The Kier molecular flexibility index (Phi) is 14.1. The Hall–Kier alpha value is -1.77. The zero-order chi connectivity index (χ0) is 19.6. The largest absolute Gasteiger partial charge is 0.494 e. The van der Waals surface area contributed by atoms with Crippen molar-refractivity contribution in [3.05, 3.63) is 42.0 Å². The summed E-state index contributed by atoms with van der Waals surface area (Å²) in [5.41, 5.74) is 0.546. The van der Waals surface area contributed by atoms with Crippen LogP contribution in [-0.2, 0) is 4.74 Å². The molecule has 3 nitrogen and oxygen atoms in total. The molecule has 1 aromatic rings. The van der Waals surface area contributed by atoms with Crippen molar-refractivity contribution in [3.63, 3.8) is 0 Å². The number of benzene rings is 1. The Balaban J connectivity index is 1.92. The summed E-state index contributed by atoms with van der Waals surface area (Å²) in [6.45, 7) is 2.97. The van der Waals surface area contributed by atoms with Crippen molar-refractivity contribution in [2.24, 2.45) is 0 Å². The van der Waals surface area contributed by atoms with Crippen LogP contribution in [-0.4, -0.2) is 19.7 Å². The molecule has 0 aliphatic rings. The number of rotatable bonds is 16. The highest BCUT2D eigenvalue weighted by molar-refractivity contribution is 5.89. The summed E-state index contributed by atoms with van der Waals surface area (Å²) < 4.78 is 10.4. The van der Waals surface area contributed by atoms with E-state index in [-0.39, 0.29) is 5.97 Å². The van der Waals surface area contributed by atoms with Gasteiger partial charge in [0.15, 0.2) is 0 Å². The Bertz CT molecular complexity index is 505. The summed E-state index contributed by atoms with van der Waals surface area (Å²) >= 11 is 0. The van der Waals surface area contributed by atoms with Gasteiger partial charge in [0.05, 0.1) is 19.3 Å². The molecule has 0 aromatic heterocycles. The molecule has 0 saturated carbocycles. The van der Waals surface area contributed by atoms with Crippen molar-refractivity contribution < 1.29 is 14.3 Å². The third-order valence-corrected chi connectivity index (χ3v) is 4.70. The molecule has 0 fully saturated rings. The summed E-state index contributed by atoms with van der Waals surface area (Å²) in [5.74, 6) is 0.472. The van der Waals surface area contributed by atoms with E-state index >= 15 is 0 Å². The molecule has 3 heteroatoms. The molecule has 1 aromatic carbocycles. The molecule has 1 rings (SSSR count). The maximum atomic E-state index is 11.4. The van der Waals surface area contributed by atoms with Gasteiger partial charge in [-0.15, -0.1) is 0 Å². The topological polar surface area (TPSA) is 35.5 Å². The fourth-order valence-electron chi connectivity index (χ4n) is 3.00. The first kappa shape index (κ1) is 23.3. The summed E-state index contributed by atoms with van der Waals surface area (Å²) in [5, 5.41) is 0. The molecule has 0 aliphatic heterocycles. The van der Waals surface area contributed by atoms with E-state index in [1.165, 1.54) is 71.3 Å². The summed E-state index contributed by atoms with van der Waals surface area (Å²) in [4.78, 5) is 11.4. The lowest BCUT2D eigenvalue weighted by Crippen LogP contribution is -2.01. The number of ether oxygens (including phenoxy) is 2. The summed E-state index contributed by atoms with van der Waals surface area (Å²) in [6, 6.07) is 7.08. The lowest BCUT2D eigenvalue weighted by molar-refractivity contribution is 0.0600. The molecule has 0 amide bonds. The van der Waals surface area contributed by atoms with Crippen LogP contribution in [0, 0.1) is 0 Å². The van der Waals surface area contributed by atoms with Crippen LogP contribution in [0.4, 0.5) is 0 Å². The van der Waals surface area contributed by atoms with Gasteiger partial charge in [0.2, 0.25) is 0 Å². The minimum absolute atomic E-state index is 0.321. The molecule has 0 spiro atoms. The molecule has 27 heavy (non-hydrogen) atoms. The van der Waals surface area contributed by atoms with Gasteiger partial charge in [-0.1, -0.05) is 70.4 Å². The van der Waals surface area contributed by atoms with Gasteiger partial charge >= 0.3 is 5.97 Å². The van der Waals surface area contributed by atoms with Gasteiger partial charge < -0.3 is 9.47 Å². The summed E-state index contributed by atoms with van der Waals surface area (Å²) in [6.07, 6.45) is 20.3. The third kappa shape index (κ3) is 12.3. The molecule has 0 bridgehead atoms. The first-order valence-electron chi connectivity index (χ1n) is 10.7. The lowest BCUT2D eigenvalue weighted by atomic mass is 10.1. The standard InChI is InChI=1S/C24H38O3/c1-3-4-5-6-7-8-9-10-11-12-13-14-15-16-21-27-23-19-17-22(18-20-23)24(25)26-2/h13-14,17-20H,3-12,15-16,21H2,1-2H3/b14-13+. The highest BCUT2D eigenvalue weighted by Crippen LogP contribution is 2.14. The zero-order valence-electron chi connectivity index (χ0n) is 17.4. The lowest BCUT2D eigenvalue weighted by Gasteiger charge is -2.05. The van der Waals surface area contributed by atoms with Gasteiger partial charge in [0.1, 0.15) is 5.75 Å². The van der Waals surface area contributed by atoms with Gasteiger partial charge in [0, 0.05) is 0 Å². The van der Waals surface area contributed by atoms with E-state index in [4.69, 9.17) is 4.74 Å². The van der Waals surface area contributed by atoms with Crippen molar-refractivity contribution in [2.45, 2.75) is 84.0 Å². The quantitative estimate of drug-likeness (QED) is 0.176. The maximum Gasteiger partial charge on any atom is 0.337 e. The van der Waals surface area contributed by atoms with E-state index in [1.807, 2.05) is 12.1 Å². The number of esters is 1. The highest BCUT2D eigenvalue weighted by atomic mass is 16.5. The first-order valence-corrected chi connectivity index (χ1v) is 10.7. The van der Waals surface area contributed by atoms with Gasteiger partial charge in [0.25, 0.3) is 0 Å². The van der Waals surface area contributed by atoms with E-state index in [1.54, 1.807) is 12.1 Å². The van der Waals surface area contributed by atoms with Crippen LogP contribution < -0.4 is 4.74 Å². The second-order valence-corrected chi connectivity index (χ2v) is 7.10. The highest BCUT2D eigenvalue weighted by Gasteiger charge is 2.04. The number of hydrogen-bond donors (Lipinski definition) is 0. The first-order chi connectivity index (χ1) is 13.3. The predicted octanol–water partition coefficient (Wildman–Crippen LogP) is 7.11. The second kappa shape index (κ2) is 16.4. The Morgan fingerprint density at radius 2 is 1.37 bits per heavy atom. The predicted molar refractivity (Wildman–Crippen MR) is 113 cm³/mol. The van der Waals surface area contributed by atoms with Crippen LogP contribution in [0.3, 0.4) is 0 Å².